The molecule has 0 saturated heterocycles. The predicted octanol–water partition coefficient (Wildman–Crippen LogP) is 1.84. The lowest BCUT2D eigenvalue weighted by molar-refractivity contribution is -0.193. The van der Waals surface area contributed by atoms with Crippen molar-refractivity contribution in [2.45, 2.75) is 63.8 Å². The number of halogens is 3. The van der Waals surface area contributed by atoms with Gasteiger partial charge in [-0.25, -0.2) is 0 Å². The zero-order chi connectivity index (χ0) is 16.5. The Morgan fingerprint density at radius 3 is 2.10 bits per heavy atom. The fourth-order valence-electron chi connectivity index (χ4n) is 2.52. The first-order chi connectivity index (χ1) is 9.38. The molecule has 0 aromatic heterocycles. The Hall–Kier alpha value is -1.31. The Balaban J connectivity index is 2.83. The van der Waals surface area contributed by atoms with E-state index in [0.29, 0.717) is 25.7 Å². The highest BCUT2D eigenvalue weighted by Crippen LogP contribution is 2.35. The van der Waals surface area contributed by atoms with Crippen molar-refractivity contribution in [1.29, 1.82) is 0 Å². The van der Waals surface area contributed by atoms with E-state index in [1.165, 1.54) is 0 Å². The van der Waals surface area contributed by atoms with Crippen LogP contribution in [-0.2, 0) is 9.59 Å². The molecule has 0 spiro atoms. The van der Waals surface area contributed by atoms with Crippen LogP contribution in [0.5, 0.6) is 0 Å². The first-order valence-corrected chi connectivity index (χ1v) is 6.70. The normalized spacial score (nSPS) is 20.1. The molecule has 8 heteroatoms. The Morgan fingerprint density at radius 2 is 1.71 bits per heavy atom. The average molecular weight is 311 g/mol. The van der Waals surface area contributed by atoms with Crippen LogP contribution in [-0.4, -0.2) is 39.9 Å². The van der Waals surface area contributed by atoms with Crippen molar-refractivity contribution in [2.75, 3.05) is 0 Å². The number of carbonyl (C=O) groups is 2. The first kappa shape index (κ1) is 17.7. The lowest BCUT2D eigenvalue weighted by Crippen LogP contribution is -2.57. The number of carbonyl (C=O) groups excluding carboxylic acids is 1. The topological polar surface area (TPSA) is 86.6 Å². The van der Waals surface area contributed by atoms with Gasteiger partial charge in [0.25, 0.3) is 0 Å². The molecule has 0 unspecified atom stereocenters. The number of alkyl halides is 3. The van der Waals surface area contributed by atoms with E-state index in [1.54, 1.807) is 5.32 Å². The molecule has 0 aromatic carbocycles. The van der Waals surface area contributed by atoms with Crippen LogP contribution in [0.15, 0.2) is 0 Å². The van der Waals surface area contributed by atoms with Gasteiger partial charge in [-0.15, -0.1) is 0 Å². The molecule has 0 bridgehead atoms. The summed E-state index contributed by atoms with van der Waals surface area (Å²) in [5.74, 6) is -2.65. The van der Waals surface area contributed by atoms with Gasteiger partial charge < -0.3 is 15.5 Å². The van der Waals surface area contributed by atoms with Crippen LogP contribution in [0.25, 0.3) is 0 Å². The molecule has 0 heterocycles. The summed E-state index contributed by atoms with van der Waals surface area (Å²) >= 11 is 0. The van der Waals surface area contributed by atoms with Gasteiger partial charge in [-0.2, -0.15) is 13.2 Å². The smallest absolute Gasteiger partial charge is 0.409 e. The van der Waals surface area contributed by atoms with E-state index in [4.69, 9.17) is 5.11 Å². The molecule has 1 saturated carbocycles. The lowest BCUT2D eigenvalue weighted by Gasteiger charge is -2.33. The van der Waals surface area contributed by atoms with Crippen molar-refractivity contribution in [1.82, 2.24) is 5.32 Å². The fraction of sp³-hybridized carbons (Fsp3) is 0.846. The van der Waals surface area contributed by atoms with Crippen molar-refractivity contribution in [3.05, 3.63) is 0 Å². The monoisotopic (exact) mass is 311 g/mol. The molecule has 21 heavy (non-hydrogen) atoms. The summed E-state index contributed by atoms with van der Waals surface area (Å²) in [7, 11) is 0. The minimum atomic E-state index is -4.89. The molecule has 0 aliphatic heterocycles. The molecule has 1 atom stereocenters. The standard InChI is InChI=1S/C13H20F3NO4/c1-11(2,10(19)20)9(13(14,15)16)17-8(18)7-12(21)5-3-4-6-12/h9,21H,3-7H2,1-2H3,(H,17,18)(H,19,20)/t9-/m0/s1. The van der Waals surface area contributed by atoms with Crippen LogP contribution in [0.3, 0.4) is 0 Å². The Bertz CT molecular complexity index is 414. The summed E-state index contributed by atoms with van der Waals surface area (Å²) in [5.41, 5.74) is -3.49. The maximum Gasteiger partial charge on any atom is 0.409 e. The molecule has 1 aliphatic rings. The molecule has 1 fully saturated rings. The second-order valence-electron chi connectivity index (χ2n) is 6.18. The zero-order valence-corrected chi connectivity index (χ0v) is 12.0. The molecule has 0 radical (unpaired) electrons. The average Bonchev–Trinajstić information content (AvgIpc) is 2.70. The first-order valence-electron chi connectivity index (χ1n) is 6.70. The maximum absolute atomic E-state index is 13.0. The van der Waals surface area contributed by atoms with E-state index in [1.807, 2.05) is 0 Å². The summed E-state index contributed by atoms with van der Waals surface area (Å²) in [5, 5.41) is 20.7. The number of aliphatic carboxylic acids is 1. The van der Waals surface area contributed by atoms with Crippen LogP contribution < -0.4 is 5.32 Å². The van der Waals surface area contributed by atoms with Gasteiger partial charge in [0.05, 0.1) is 17.4 Å². The number of nitrogens with one attached hydrogen (secondary N) is 1. The van der Waals surface area contributed by atoms with Crippen LogP contribution >= 0.6 is 0 Å². The van der Waals surface area contributed by atoms with Crippen molar-refractivity contribution < 1.29 is 33.0 Å². The van der Waals surface area contributed by atoms with E-state index in [-0.39, 0.29) is 0 Å². The second-order valence-corrected chi connectivity index (χ2v) is 6.18. The van der Waals surface area contributed by atoms with Crippen LogP contribution in [0.2, 0.25) is 0 Å². The summed E-state index contributed by atoms with van der Waals surface area (Å²) < 4.78 is 39.0. The highest BCUT2D eigenvalue weighted by molar-refractivity contribution is 5.80. The molecular weight excluding hydrogens is 291 g/mol. The van der Waals surface area contributed by atoms with Crippen molar-refractivity contribution in [3.8, 4) is 0 Å². The molecule has 1 rings (SSSR count). The minimum Gasteiger partial charge on any atom is -0.481 e. The molecule has 1 aliphatic carbocycles. The van der Waals surface area contributed by atoms with Gasteiger partial charge in [0.2, 0.25) is 5.91 Å². The van der Waals surface area contributed by atoms with Crippen molar-refractivity contribution in [2.24, 2.45) is 5.41 Å². The number of carboxylic acids is 1. The van der Waals surface area contributed by atoms with Crippen molar-refractivity contribution in [3.63, 3.8) is 0 Å². The van der Waals surface area contributed by atoms with Crippen LogP contribution in [0.1, 0.15) is 46.0 Å². The molecule has 0 aromatic rings. The third kappa shape index (κ3) is 4.33. The highest BCUT2D eigenvalue weighted by atomic mass is 19.4. The summed E-state index contributed by atoms with van der Waals surface area (Å²) in [6, 6.07) is -2.51. The van der Waals surface area contributed by atoms with E-state index in [0.717, 1.165) is 13.8 Å². The van der Waals surface area contributed by atoms with Crippen LogP contribution in [0.4, 0.5) is 13.2 Å². The van der Waals surface area contributed by atoms with E-state index < -0.39 is 41.5 Å². The SMILES string of the molecule is CC(C)(C(=O)O)[C@H](NC(=O)CC1(O)CCCC1)C(F)(F)F. The summed E-state index contributed by atoms with van der Waals surface area (Å²) in [6.45, 7) is 1.80. The van der Waals surface area contributed by atoms with Gasteiger partial charge in [-0.1, -0.05) is 12.8 Å². The molecule has 3 N–H and O–H groups in total. The maximum atomic E-state index is 13.0. The number of hydrogen-bond acceptors (Lipinski definition) is 3. The van der Waals surface area contributed by atoms with Gasteiger partial charge in [0, 0.05) is 0 Å². The summed E-state index contributed by atoms with van der Waals surface area (Å²) in [4.78, 5) is 22.8. The molecule has 1 amide bonds. The number of hydrogen-bond donors (Lipinski definition) is 3. The number of aliphatic hydroxyl groups is 1. The number of carboxylic acid groups (broad SMARTS) is 1. The van der Waals surface area contributed by atoms with Gasteiger partial charge in [-0.05, 0) is 26.7 Å². The third-order valence-corrected chi connectivity index (χ3v) is 3.93. The molecule has 5 nitrogen and oxygen atoms in total. The van der Waals surface area contributed by atoms with Gasteiger partial charge in [-0.3, -0.25) is 9.59 Å². The number of amides is 1. The summed E-state index contributed by atoms with van der Waals surface area (Å²) in [6.07, 6.45) is -3.19. The zero-order valence-electron chi connectivity index (χ0n) is 12.0. The Kier molecular flexibility index (Phi) is 4.92. The van der Waals surface area contributed by atoms with Crippen LogP contribution in [0, 0.1) is 5.41 Å². The lowest BCUT2D eigenvalue weighted by atomic mass is 9.83. The predicted molar refractivity (Wildman–Crippen MR) is 67.4 cm³/mol. The second kappa shape index (κ2) is 5.82. The Labute approximate surface area is 120 Å². The molecular formula is C13H20F3NO4. The van der Waals surface area contributed by atoms with E-state index >= 15 is 0 Å². The van der Waals surface area contributed by atoms with Gasteiger partial charge >= 0.3 is 12.1 Å². The molecule has 122 valence electrons. The largest absolute Gasteiger partial charge is 0.481 e. The van der Waals surface area contributed by atoms with Gasteiger partial charge in [0.1, 0.15) is 6.04 Å². The minimum absolute atomic E-state index is 0.361. The fourth-order valence-corrected chi connectivity index (χ4v) is 2.52. The van der Waals surface area contributed by atoms with E-state index in [9.17, 15) is 27.9 Å². The van der Waals surface area contributed by atoms with Gasteiger partial charge in [0.15, 0.2) is 0 Å². The quantitative estimate of drug-likeness (QED) is 0.723. The van der Waals surface area contributed by atoms with Crippen molar-refractivity contribution >= 4 is 11.9 Å². The number of rotatable bonds is 5. The van der Waals surface area contributed by atoms with E-state index in [2.05, 4.69) is 0 Å². The third-order valence-electron chi connectivity index (χ3n) is 3.93. The Morgan fingerprint density at radius 1 is 1.24 bits per heavy atom. The highest BCUT2D eigenvalue weighted by Gasteiger charge is 2.54.